The molecular weight excluding hydrogens is 355 g/mol. The molecule has 0 amide bonds. The first-order valence-corrected chi connectivity index (χ1v) is 6.33. The summed E-state index contributed by atoms with van der Waals surface area (Å²) in [6, 6.07) is 4.28. The average Bonchev–Trinajstić information content (AvgIpc) is 2.89. The molecule has 1 aliphatic rings. The molecule has 0 aromatic carbocycles. The Morgan fingerprint density at radius 1 is 1.53 bits per heavy atom. The molecule has 0 aliphatic heterocycles. The second kappa shape index (κ2) is 8.19. The maximum absolute atomic E-state index is 5.86. The van der Waals surface area contributed by atoms with Crippen molar-refractivity contribution in [3.8, 4) is 5.88 Å². The lowest BCUT2D eigenvalue weighted by Crippen LogP contribution is -2.38. The second-order valence-electron chi connectivity index (χ2n) is 4.53. The predicted octanol–water partition coefficient (Wildman–Crippen LogP) is 2.06. The van der Waals surface area contributed by atoms with Crippen LogP contribution in [0.4, 0.5) is 0 Å². The number of hydrogen-bond acceptors (Lipinski definition) is 3. The fraction of sp³-hybridized carbons (Fsp3) is 0.538. The number of halogens is 1. The Kier molecular flexibility index (Phi) is 6.90. The predicted molar refractivity (Wildman–Crippen MR) is 86.9 cm³/mol. The number of nitrogens with zero attached hydrogens (tertiary/aromatic N) is 2. The number of nitrogens with two attached hydrogens (primary N) is 1. The summed E-state index contributed by atoms with van der Waals surface area (Å²) in [4.78, 5) is 8.38. The van der Waals surface area contributed by atoms with E-state index in [9.17, 15) is 0 Å². The van der Waals surface area contributed by atoms with Crippen molar-refractivity contribution in [1.29, 1.82) is 0 Å². The minimum absolute atomic E-state index is 0. The van der Waals surface area contributed by atoms with E-state index >= 15 is 0 Å². The molecule has 106 valence electrons. The Bertz CT molecular complexity index is 419. The highest BCUT2D eigenvalue weighted by Gasteiger charge is 2.14. The number of methoxy groups -OCH3 is 1. The van der Waals surface area contributed by atoms with Crippen LogP contribution in [0.25, 0.3) is 0 Å². The van der Waals surface area contributed by atoms with E-state index < -0.39 is 0 Å². The van der Waals surface area contributed by atoms with E-state index in [1.165, 1.54) is 25.7 Å². The van der Waals surface area contributed by atoms with Gasteiger partial charge in [0, 0.05) is 18.3 Å². The van der Waals surface area contributed by atoms with E-state index in [0.717, 1.165) is 5.56 Å². The van der Waals surface area contributed by atoms with Gasteiger partial charge in [0.15, 0.2) is 5.96 Å². The van der Waals surface area contributed by atoms with Crippen LogP contribution in [0.3, 0.4) is 0 Å². The van der Waals surface area contributed by atoms with E-state index in [-0.39, 0.29) is 24.0 Å². The molecule has 0 bridgehead atoms. The zero-order valence-electron chi connectivity index (χ0n) is 11.1. The van der Waals surface area contributed by atoms with Crippen LogP contribution < -0.4 is 15.8 Å². The standard InChI is InChI=1S/C13H20N4O.HI/c1-18-12-8-10(6-7-15-12)9-16-13(14)17-11-4-2-3-5-11;/h6-8,11H,2-5,9H2,1H3,(H3,14,16,17);1H. The van der Waals surface area contributed by atoms with Gasteiger partial charge in [-0.05, 0) is 24.5 Å². The molecule has 0 spiro atoms. The number of aromatic nitrogens is 1. The van der Waals surface area contributed by atoms with Gasteiger partial charge in [-0.3, -0.25) is 0 Å². The topological polar surface area (TPSA) is 72.5 Å². The number of pyridine rings is 1. The molecule has 2 rings (SSSR count). The van der Waals surface area contributed by atoms with Crippen molar-refractivity contribution in [2.75, 3.05) is 7.11 Å². The van der Waals surface area contributed by atoms with Crippen LogP contribution in [0.15, 0.2) is 23.3 Å². The molecule has 19 heavy (non-hydrogen) atoms. The summed E-state index contributed by atoms with van der Waals surface area (Å²) in [5.74, 6) is 1.13. The number of rotatable bonds is 4. The summed E-state index contributed by atoms with van der Waals surface area (Å²) in [5, 5.41) is 3.26. The van der Waals surface area contributed by atoms with Crippen molar-refractivity contribution < 1.29 is 4.74 Å². The van der Waals surface area contributed by atoms with E-state index in [1.54, 1.807) is 13.3 Å². The van der Waals surface area contributed by atoms with Crippen LogP contribution in [0.2, 0.25) is 0 Å². The van der Waals surface area contributed by atoms with Crippen molar-refractivity contribution in [3.63, 3.8) is 0 Å². The van der Waals surface area contributed by atoms with Crippen molar-refractivity contribution in [1.82, 2.24) is 10.3 Å². The molecule has 1 aliphatic carbocycles. The number of guanidine groups is 1. The Morgan fingerprint density at radius 3 is 2.95 bits per heavy atom. The number of nitrogens with one attached hydrogen (secondary N) is 1. The van der Waals surface area contributed by atoms with Gasteiger partial charge in [0.2, 0.25) is 5.88 Å². The molecule has 1 aromatic heterocycles. The van der Waals surface area contributed by atoms with Crippen LogP contribution in [-0.2, 0) is 6.54 Å². The quantitative estimate of drug-likeness (QED) is 0.479. The lowest BCUT2D eigenvalue weighted by atomic mass is 10.2. The van der Waals surface area contributed by atoms with Gasteiger partial charge in [-0.15, -0.1) is 24.0 Å². The Hall–Kier alpha value is -1.05. The third-order valence-corrected chi connectivity index (χ3v) is 3.15. The Balaban J connectivity index is 0.00000180. The van der Waals surface area contributed by atoms with Crippen LogP contribution in [0, 0.1) is 0 Å². The summed E-state index contributed by atoms with van der Waals surface area (Å²) in [5.41, 5.74) is 6.90. The summed E-state index contributed by atoms with van der Waals surface area (Å²) >= 11 is 0. The van der Waals surface area contributed by atoms with Gasteiger partial charge in [-0.2, -0.15) is 0 Å². The van der Waals surface area contributed by atoms with Crippen molar-refractivity contribution in [2.24, 2.45) is 10.7 Å². The van der Waals surface area contributed by atoms with E-state index in [1.807, 2.05) is 12.1 Å². The maximum atomic E-state index is 5.86. The third-order valence-electron chi connectivity index (χ3n) is 3.15. The van der Waals surface area contributed by atoms with Gasteiger partial charge in [-0.25, -0.2) is 9.98 Å². The van der Waals surface area contributed by atoms with E-state index in [2.05, 4.69) is 15.3 Å². The SMILES string of the molecule is COc1cc(CN=C(N)NC2CCCC2)ccn1.I. The van der Waals surface area contributed by atoms with Crippen LogP contribution >= 0.6 is 24.0 Å². The normalized spacial score (nSPS) is 15.9. The number of aliphatic imine (C=N–C) groups is 1. The van der Waals surface area contributed by atoms with Gasteiger partial charge in [0.25, 0.3) is 0 Å². The molecule has 6 heteroatoms. The molecule has 0 saturated heterocycles. The zero-order valence-corrected chi connectivity index (χ0v) is 13.5. The first-order chi connectivity index (χ1) is 8.78. The molecule has 5 nitrogen and oxygen atoms in total. The average molecular weight is 376 g/mol. The van der Waals surface area contributed by atoms with E-state index in [0.29, 0.717) is 24.4 Å². The van der Waals surface area contributed by atoms with Crippen molar-refractivity contribution in [3.05, 3.63) is 23.9 Å². The summed E-state index contributed by atoms with van der Waals surface area (Å²) < 4.78 is 5.06. The maximum Gasteiger partial charge on any atom is 0.213 e. The molecule has 0 atom stereocenters. The third kappa shape index (κ3) is 5.22. The first kappa shape index (κ1) is 16.0. The van der Waals surface area contributed by atoms with Crippen LogP contribution in [0.5, 0.6) is 5.88 Å². The van der Waals surface area contributed by atoms with Crippen molar-refractivity contribution >= 4 is 29.9 Å². The lowest BCUT2D eigenvalue weighted by Gasteiger charge is -2.12. The van der Waals surface area contributed by atoms with Gasteiger partial charge in [0.05, 0.1) is 13.7 Å². The fourth-order valence-corrected chi connectivity index (χ4v) is 2.16. The molecule has 3 N–H and O–H groups in total. The van der Waals surface area contributed by atoms with Gasteiger partial charge in [0.1, 0.15) is 0 Å². The van der Waals surface area contributed by atoms with Gasteiger partial charge in [-0.1, -0.05) is 12.8 Å². The summed E-state index contributed by atoms with van der Waals surface area (Å²) in [6.07, 6.45) is 6.67. The molecule has 0 unspecified atom stereocenters. The van der Waals surface area contributed by atoms with Crippen LogP contribution in [-0.4, -0.2) is 24.1 Å². The Morgan fingerprint density at radius 2 is 2.26 bits per heavy atom. The second-order valence-corrected chi connectivity index (χ2v) is 4.53. The molecule has 1 heterocycles. The Labute approximate surface area is 131 Å². The highest BCUT2D eigenvalue weighted by atomic mass is 127. The minimum atomic E-state index is 0. The van der Waals surface area contributed by atoms with Crippen molar-refractivity contribution in [2.45, 2.75) is 38.3 Å². The lowest BCUT2D eigenvalue weighted by molar-refractivity contribution is 0.397. The summed E-state index contributed by atoms with van der Waals surface area (Å²) in [6.45, 7) is 0.546. The molecule has 1 fully saturated rings. The van der Waals surface area contributed by atoms with E-state index in [4.69, 9.17) is 10.5 Å². The summed E-state index contributed by atoms with van der Waals surface area (Å²) in [7, 11) is 1.60. The largest absolute Gasteiger partial charge is 0.481 e. The number of ether oxygens (including phenoxy) is 1. The molecule has 0 radical (unpaired) electrons. The first-order valence-electron chi connectivity index (χ1n) is 6.33. The fourth-order valence-electron chi connectivity index (χ4n) is 2.16. The highest BCUT2D eigenvalue weighted by molar-refractivity contribution is 14.0. The number of hydrogen-bond donors (Lipinski definition) is 2. The van der Waals surface area contributed by atoms with Gasteiger partial charge >= 0.3 is 0 Å². The van der Waals surface area contributed by atoms with Crippen LogP contribution in [0.1, 0.15) is 31.2 Å². The van der Waals surface area contributed by atoms with Gasteiger partial charge < -0.3 is 15.8 Å². The highest BCUT2D eigenvalue weighted by Crippen LogP contribution is 2.17. The smallest absolute Gasteiger partial charge is 0.213 e. The molecular formula is C13H21IN4O. The molecule has 1 saturated carbocycles. The minimum Gasteiger partial charge on any atom is -0.481 e. The molecule has 1 aromatic rings. The zero-order chi connectivity index (χ0) is 12.8. The monoisotopic (exact) mass is 376 g/mol.